The minimum Gasteiger partial charge on any atom is -0.497 e. The molecule has 1 aromatic heterocycles. The van der Waals surface area contributed by atoms with Gasteiger partial charge < -0.3 is 10.1 Å². The Morgan fingerprint density at radius 2 is 1.95 bits per heavy atom. The molecule has 0 fully saturated rings. The fourth-order valence-electron chi connectivity index (χ4n) is 2.43. The van der Waals surface area contributed by atoms with Crippen molar-refractivity contribution in [2.45, 2.75) is 32.9 Å². The third-order valence-electron chi connectivity index (χ3n) is 3.56. The highest BCUT2D eigenvalue weighted by Crippen LogP contribution is 2.24. The molecule has 0 aliphatic heterocycles. The number of ether oxygens (including phenoxy) is 1. The van der Waals surface area contributed by atoms with Crippen molar-refractivity contribution in [1.29, 1.82) is 0 Å². The largest absolute Gasteiger partial charge is 0.497 e. The molecule has 1 atom stereocenters. The van der Waals surface area contributed by atoms with Crippen LogP contribution in [0, 0.1) is 0 Å². The van der Waals surface area contributed by atoms with E-state index >= 15 is 0 Å². The number of nitrogens with zero attached hydrogens (tertiary/aromatic N) is 2. The first kappa shape index (κ1) is 14.6. The molecule has 1 N–H and O–H groups in total. The topological polar surface area (TPSA) is 39.1 Å². The molecule has 0 aliphatic carbocycles. The third kappa shape index (κ3) is 2.85. The van der Waals surface area contributed by atoms with Crippen molar-refractivity contribution in [3.8, 4) is 5.75 Å². The van der Waals surface area contributed by atoms with Gasteiger partial charge >= 0.3 is 0 Å². The average molecular weight is 273 g/mol. The molecule has 1 aromatic carbocycles. The SMILES string of the molecule is CCc1cc(C(NC)c2ccc(OC)cc2)n(CC)n1. The number of hydrogen-bond donors (Lipinski definition) is 1. The van der Waals surface area contributed by atoms with Crippen molar-refractivity contribution >= 4 is 0 Å². The van der Waals surface area contributed by atoms with Gasteiger partial charge in [0, 0.05) is 6.54 Å². The molecular formula is C16H23N3O. The van der Waals surface area contributed by atoms with Crippen molar-refractivity contribution in [1.82, 2.24) is 15.1 Å². The zero-order chi connectivity index (χ0) is 14.5. The quantitative estimate of drug-likeness (QED) is 0.879. The standard InChI is InChI=1S/C16H23N3O/c1-5-13-11-15(19(6-2)18-13)16(17-3)12-7-9-14(20-4)10-8-12/h7-11,16-17H,5-6H2,1-4H3. The summed E-state index contributed by atoms with van der Waals surface area (Å²) >= 11 is 0. The second-order valence-electron chi connectivity index (χ2n) is 4.72. The Morgan fingerprint density at radius 3 is 2.45 bits per heavy atom. The summed E-state index contributed by atoms with van der Waals surface area (Å²) in [4.78, 5) is 0. The minimum absolute atomic E-state index is 0.147. The van der Waals surface area contributed by atoms with Crippen LogP contribution in [0.15, 0.2) is 30.3 Å². The lowest BCUT2D eigenvalue weighted by atomic mass is 10.0. The lowest BCUT2D eigenvalue weighted by molar-refractivity contribution is 0.414. The van der Waals surface area contributed by atoms with Gasteiger partial charge in [-0.05, 0) is 44.2 Å². The monoisotopic (exact) mass is 273 g/mol. The maximum absolute atomic E-state index is 5.22. The molecule has 0 spiro atoms. The van der Waals surface area contributed by atoms with Crippen molar-refractivity contribution in [3.05, 3.63) is 47.3 Å². The highest BCUT2D eigenvalue weighted by atomic mass is 16.5. The van der Waals surface area contributed by atoms with Gasteiger partial charge in [0.15, 0.2) is 0 Å². The number of methoxy groups -OCH3 is 1. The van der Waals surface area contributed by atoms with Gasteiger partial charge in [-0.1, -0.05) is 19.1 Å². The van der Waals surface area contributed by atoms with Gasteiger partial charge in [0.25, 0.3) is 0 Å². The van der Waals surface area contributed by atoms with E-state index in [1.807, 2.05) is 19.2 Å². The second kappa shape index (κ2) is 6.57. The van der Waals surface area contributed by atoms with Crippen LogP contribution in [0.5, 0.6) is 5.75 Å². The lowest BCUT2D eigenvalue weighted by Crippen LogP contribution is -2.21. The molecule has 4 nitrogen and oxygen atoms in total. The Kier molecular flexibility index (Phi) is 4.79. The fraction of sp³-hybridized carbons (Fsp3) is 0.438. The second-order valence-corrected chi connectivity index (χ2v) is 4.72. The van der Waals surface area contributed by atoms with Crippen LogP contribution in [-0.2, 0) is 13.0 Å². The van der Waals surface area contributed by atoms with E-state index in [4.69, 9.17) is 4.74 Å². The number of nitrogens with one attached hydrogen (secondary N) is 1. The molecule has 1 unspecified atom stereocenters. The normalized spacial score (nSPS) is 12.4. The Balaban J connectivity index is 2.37. The predicted octanol–water partition coefficient (Wildman–Crippen LogP) is 2.78. The molecule has 2 aromatic rings. The summed E-state index contributed by atoms with van der Waals surface area (Å²) in [5.74, 6) is 0.877. The predicted molar refractivity (Wildman–Crippen MR) is 81.2 cm³/mol. The van der Waals surface area contributed by atoms with E-state index in [0.717, 1.165) is 24.4 Å². The molecule has 0 bridgehead atoms. The van der Waals surface area contributed by atoms with Gasteiger partial charge in [0.05, 0.1) is 24.5 Å². The van der Waals surface area contributed by atoms with E-state index in [1.165, 1.54) is 11.3 Å². The Bertz CT molecular complexity index is 545. The third-order valence-corrected chi connectivity index (χ3v) is 3.56. The first-order chi connectivity index (χ1) is 9.73. The zero-order valence-corrected chi connectivity index (χ0v) is 12.7. The number of aryl methyl sites for hydroxylation is 2. The fourth-order valence-corrected chi connectivity index (χ4v) is 2.43. The molecule has 0 saturated carbocycles. The zero-order valence-electron chi connectivity index (χ0n) is 12.7. The van der Waals surface area contributed by atoms with Gasteiger partial charge in [-0.15, -0.1) is 0 Å². The summed E-state index contributed by atoms with van der Waals surface area (Å²) in [6.45, 7) is 5.13. The molecule has 20 heavy (non-hydrogen) atoms. The van der Waals surface area contributed by atoms with E-state index in [0.29, 0.717) is 0 Å². The molecule has 108 valence electrons. The van der Waals surface area contributed by atoms with E-state index < -0.39 is 0 Å². The summed E-state index contributed by atoms with van der Waals surface area (Å²) in [5, 5.41) is 8.01. The van der Waals surface area contributed by atoms with Crippen molar-refractivity contribution < 1.29 is 4.74 Å². The van der Waals surface area contributed by atoms with Gasteiger partial charge in [-0.2, -0.15) is 5.10 Å². The molecule has 0 radical (unpaired) electrons. The first-order valence-electron chi connectivity index (χ1n) is 7.11. The van der Waals surface area contributed by atoms with Crippen LogP contribution in [0.1, 0.15) is 36.8 Å². The number of aromatic nitrogens is 2. The van der Waals surface area contributed by atoms with E-state index in [9.17, 15) is 0 Å². The van der Waals surface area contributed by atoms with Crippen LogP contribution in [0.25, 0.3) is 0 Å². The maximum Gasteiger partial charge on any atom is 0.118 e. The Hall–Kier alpha value is -1.81. The van der Waals surface area contributed by atoms with Crippen molar-refractivity contribution in [2.24, 2.45) is 0 Å². The molecule has 2 rings (SSSR count). The summed E-state index contributed by atoms with van der Waals surface area (Å²) in [5.41, 5.74) is 3.55. The summed E-state index contributed by atoms with van der Waals surface area (Å²) in [7, 11) is 3.66. The summed E-state index contributed by atoms with van der Waals surface area (Å²) in [6, 6.07) is 10.5. The first-order valence-corrected chi connectivity index (χ1v) is 7.11. The van der Waals surface area contributed by atoms with Crippen molar-refractivity contribution in [2.75, 3.05) is 14.2 Å². The van der Waals surface area contributed by atoms with Crippen LogP contribution in [0.2, 0.25) is 0 Å². The minimum atomic E-state index is 0.147. The highest BCUT2D eigenvalue weighted by Gasteiger charge is 2.17. The average Bonchev–Trinajstić information content (AvgIpc) is 2.92. The van der Waals surface area contributed by atoms with Gasteiger partial charge in [0.1, 0.15) is 5.75 Å². The van der Waals surface area contributed by atoms with Gasteiger partial charge in [-0.3, -0.25) is 4.68 Å². The smallest absolute Gasteiger partial charge is 0.118 e. The molecule has 0 aliphatic rings. The Labute approximate surface area is 120 Å². The van der Waals surface area contributed by atoms with Crippen LogP contribution in [0.3, 0.4) is 0 Å². The number of hydrogen-bond acceptors (Lipinski definition) is 3. The van der Waals surface area contributed by atoms with Gasteiger partial charge in [-0.25, -0.2) is 0 Å². The molecule has 0 amide bonds. The van der Waals surface area contributed by atoms with Crippen LogP contribution < -0.4 is 10.1 Å². The molecular weight excluding hydrogens is 250 g/mol. The summed E-state index contributed by atoms with van der Waals surface area (Å²) in [6.07, 6.45) is 0.957. The van der Waals surface area contributed by atoms with Crippen LogP contribution in [-0.4, -0.2) is 23.9 Å². The van der Waals surface area contributed by atoms with Crippen LogP contribution >= 0.6 is 0 Å². The number of benzene rings is 1. The van der Waals surface area contributed by atoms with Crippen LogP contribution in [0.4, 0.5) is 0 Å². The highest BCUT2D eigenvalue weighted by molar-refractivity contribution is 5.34. The van der Waals surface area contributed by atoms with E-state index in [-0.39, 0.29) is 6.04 Å². The molecule has 0 saturated heterocycles. The van der Waals surface area contributed by atoms with Crippen molar-refractivity contribution in [3.63, 3.8) is 0 Å². The van der Waals surface area contributed by atoms with E-state index in [2.05, 4.69) is 47.1 Å². The molecule has 1 heterocycles. The summed E-state index contributed by atoms with van der Waals surface area (Å²) < 4.78 is 7.29. The number of rotatable bonds is 6. The van der Waals surface area contributed by atoms with Gasteiger partial charge in [0.2, 0.25) is 0 Å². The molecule has 4 heteroatoms. The van der Waals surface area contributed by atoms with E-state index in [1.54, 1.807) is 7.11 Å². The lowest BCUT2D eigenvalue weighted by Gasteiger charge is -2.18. The Morgan fingerprint density at radius 1 is 1.25 bits per heavy atom. The maximum atomic E-state index is 5.22.